The molecular formula is C20H19BrClN3O3. The Morgan fingerprint density at radius 3 is 2.79 bits per heavy atom. The molecule has 0 atom stereocenters. The standard InChI is InChI=1S/C20H19BrClN3O3/c1-3-8-25(20(27)15-10-13(28-2)5-7-16(15)21)11-18-23-17-9-12(22)4-6-14(17)19(26)24-18/h4-7,9-10H,3,8,11H2,1-2H3,(H,23,24,26). The zero-order chi connectivity index (χ0) is 20.3. The number of hydrogen-bond acceptors (Lipinski definition) is 4. The van der Waals surface area contributed by atoms with Crippen LogP contribution in [0.2, 0.25) is 5.02 Å². The number of rotatable bonds is 6. The molecule has 1 N–H and O–H groups in total. The Labute approximate surface area is 175 Å². The van der Waals surface area contributed by atoms with Gasteiger partial charge in [-0.2, -0.15) is 0 Å². The number of H-pyrrole nitrogens is 1. The molecule has 2 aromatic carbocycles. The number of fused-ring (bicyclic) bond motifs is 1. The van der Waals surface area contributed by atoms with Crippen molar-refractivity contribution < 1.29 is 9.53 Å². The van der Waals surface area contributed by atoms with Crippen LogP contribution in [0.1, 0.15) is 29.5 Å². The van der Waals surface area contributed by atoms with Crippen molar-refractivity contribution in [2.24, 2.45) is 0 Å². The Bertz CT molecular complexity index is 1080. The molecule has 146 valence electrons. The second kappa shape index (κ2) is 8.75. The minimum Gasteiger partial charge on any atom is -0.497 e. The van der Waals surface area contributed by atoms with Gasteiger partial charge in [0.05, 0.1) is 30.1 Å². The molecule has 0 saturated carbocycles. The van der Waals surface area contributed by atoms with Crippen LogP contribution < -0.4 is 10.3 Å². The van der Waals surface area contributed by atoms with Crippen molar-refractivity contribution in [2.45, 2.75) is 19.9 Å². The molecule has 0 aliphatic carbocycles. The molecule has 1 aromatic heterocycles. The van der Waals surface area contributed by atoms with Gasteiger partial charge in [-0.1, -0.05) is 18.5 Å². The van der Waals surface area contributed by atoms with E-state index in [9.17, 15) is 9.59 Å². The Balaban J connectivity index is 1.96. The van der Waals surface area contributed by atoms with Crippen molar-refractivity contribution in [3.63, 3.8) is 0 Å². The lowest BCUT2D eigenvalue weighted by atomic mass is 10.1. The average Bonchev–Trinajstić information content (AvgIpc) is 2.67. The minimum absolute atomic E-state index is 0.175. The summed E-state index contributed by atoms with van der Waals surface area (Å²) in [5.41, 5.74) is 0.722. The van der Waals surface area contributed by atoms with E-state index in [1.54, 1.807) is 48.4 Å². The van der Waals surface area contributed by atoms with E-state index in [1.165, 1.54) is 0 Å². The zero-order valence-electron chi connectivity index (χ0n) is 15.5. The van der Waals surface area contributed by atoms with Gasteiger partial charge in [0.1, 0.15) is 11.6 Å². The second-order valence-electron chi connectivity index (χ2n) is 6.25. The highest BCUT2D eigenvalue weighted by Gasteiger charge is 2.20. The highest BCUT2D eigenvalue weighted by atomic mass is 79.9. The van der Waals surface area contributed by atoms with Gasteiger partial charge in [0.15, 0.2) is 0 Å². The zero-order valence-corrected chi connectivity index (χ0v) is 17.8. The maximum absolute atomic E-state index is 13.1. The van der Waals surface area contributed by atoms with Crippen LogP contribution in [-0.2, 0) is 6.54 Å². The van der Waals surface area contributed by atoms with Crippen LogP contribution in [0.3, 0.4) is 0 Å². The lowest BCUT2D eigenvalue weighted by molar-refractivity contribution is 0.0737. The van der Waals surface area contributed by atoms with Crippen molar-refractivity contribution in [3.8, 4) is 5.75 Å². The topological polar surface area (TPSA) is 75.3 Å². The van der Waals surface area contributed by atoms with Crippen LogP contribution in [0.25, 0.3) is 10.9 Å². The number of halogens is 2. The summed E-state index contributed by atoms with van der Waals surface area (Å²) in [5.74, 6) is 0.817. The molecule has 0 unspecified atom stereocenters. The van der Waals surface area contributed by atoms with Crippen molar-refractivity contribution in [2.75, 3.05) is 13.7 Å². The van der Waals surface area contributed by atoms with Gasteiger partial charge in [0.2, 0.25) is 0 Å². The van der Waals surface area contributed by atoms with Gasteiger partial charge >= 0.3 is 0 Å². The minimum atomic E-state index is -0.261. The Hall–Kier alpha value is -2.38. The van der Waals surface area contributed by atoms with Gasteiger partial charge < -0.3 is 14.6 Å². The molecule has 1 amide bonds. The van der Waals surface area contributed by atoms with Gasteiger partial charge in [-0.3, -0.25) is 9.59 Å². The molecular weight excluding hydrogens is 446 g/mol. The fourth-order valence-electron chi connectivity index (χ4n) is 2.90. The third kappa shape index (κ3) is 4.36. The van der Waals surface area contributed by atoms with Crippen LogP contribution >= 0.6 is 27.5 Å². The third-order valence-corrected chi connectivity index (χ3v) is 5.17. The first-order valence-corrected chi connectivity index (χ1v) is 9.91. The van der Waals surface area contributed by atoms with Crippen LogP contribution in [0, 0.1) is 0 Å². The lowest BCUT2D eigenvalue weighted by Crippen LogP contribution is -2.33. The lowest BCUT2D eigenvalue weighted by Gasteiger charge is -2.22. The van der Waals surface area contributed by atoms with Gasteiger partial charge in [0.25, 0.3) is 11.5 Å². The number of methoxy groups -OCH3 is 1. The van der Waals surface area contributed by atoms with Crippen molar-refractivity contribution in [1.29, 1.82) is 0 Å². The number of aromatic nitrogens is 2. The molecule has 0 saturated heterocycles. The first kappa shape index (κ1) is 20.4. The maximum atomic E-state index is 13.1. The summed E-state index contributed by atoms with van der Waals surface area (Å²) in [6.07, 6.45) is 0.761. The summed E-state index contributed by atoms with van der Waals surface area (Å²) in [7, 11) is 1.55. The van der Waals surface area contributed by atoms with Crippen LogP contribution in [0.15, 0.2) is 45.7 Å². The second-order valence-corrected chi connectivity index (χ2v) is 7.54. The number of amides is 1. The number of carbonyl (C=O) groups is 1. The first-order valence-electron chi connectivity index (χ1n) is 8.74. The molecule has 28 heavy (non-hydrogen) atoms. The van der Waals surface area contributed by atoms with Gasteiger partial charge in [-0.25, -0.2) is 4.98 Å². The summed E-state index contributed by atoms with van der Waals surface area (Å²) in [6, 6.07) is 10.2. The molecule has 0 aliphatic rings. The number of nitrogens with one attached hydrogen (secondary N) is 1. The van der Waals surface area contributed by atoms with Crippen LogP contribution in [0.4, 0.5) is 0 Å². The van der Waals surface area contributed by atoms with E-state index in [0.29, 0.717) is 44.1 Å². The summed E-state index contributed by atoms with van der Waals surface area (Å²) < 4.78 is 5.90. The number of ether oxygens (including phenoxy) is 1. The summed E-state index contributed by atoms with van der Waals surface area (Å²) in [5, 5.41) is 0.954. The maximum Gasteiger partial charge on any atom is 0.258 e. The smallest absolute Gasteiger partial charge is 0.258 e. The van der Waals surface area contributed by atoms with Crippen molar-refractivity contribution in [1.82, 2.24) is 14.9 Å². The Kier molecular flexibility index (Phi) is 6.36. The van der Waals surface area contributed by atoms with Gasteiger partial charge in [-0.05, 0) is 58.7 Å². The Morgan fingerprint density at radius 1 is 1.29 bits per heavy atom. The molecule has 0 bridgehead atoms. The fraction of sp³-hybridized carbons (Fsp3) is 0.250. The van der Waals surface area contributed by atoms with E-state index in [0.717, 1.165) is 6.42 Å². The van der Waals surface area contributed by atoms with E-state index in [1.807, 2.05) is 6.92 Å². The highest BCUT2D eigenvalue weighted by Crippen LogP contribution is 2.24. The summed E-state index contributed by atoms with van der Waals surface area (Å²) in [4.78, 5) is 34.4. The van der Waals surface area contributed by atoms with E-state index < -0.39 is 0 Å². The first-order chi connectivity index (χ1) is 13.4. The van der Waals surface area contributed by atoms with Gasteiger partial charge in [-0.15, -0.1) is 0 Å². The molecule has 0 spiro atoms. The molecule has 0 radical (unpaired) electrons. The van der Waals surface area contributed by atoms with Crippen molar-refractivity contribution in [3.05, 3.63) is 67.6 Å². The number of hydrogen-bond donors (Lipinski definition) is 1. The molecule has 1 heterocycles. The monoisotopic (exact) mass is 463 g/mol. The van der Waals surface area contributed by atoms with E-state index in [-0.39, 0.29) is 18.0 Å². The SMILES string of the molecule is CCCN(Cc1nc2cc(Cl)ccc2c(=O)[nH]1)C(=O)c1cc(OC)ccc1Br. The van der Waals surface area contributed by atoms with E-state index >= 15 is 0 Å². The molecule has 3 aromatic rings. The van der Waals surface area contributed by atoms with E-state index in [2.05, 4.69) is 25.9 Å². The molecule has 0 aliphatic heterocycles. The molecule has 8 heteroatoms. The Morgan fingerprint density at radius 2 is 2.07 bits per heavy atom. The molecule has 6 nitrogen and oxygen atoms in total. The van der Waals surface area contributed by atoms with E-state index in [4.69, 9.17) is 16.3 Å². The quantitative estimate of drug-likeness (QED) is 0.587. The summed E-state index contributed by atoms with van der Waals surface area (Å²) >= 11 is 9.45. The number of aromatic amines is 1. The number of benzene rings is 2. The predicted octanol–water partition coefficient (Wildman–Crippen LogP) is 4.40. The third-order valence-electron chi connectivity index (χ3n) is 4.24. The van der Waals surface area contributed by atoms with Crippen molar-refractivity contribution >= 4 is 44.3 Å². The summed E-state index contributed by atoms with van der Waals surface area (Å²) in [6.45, 7) is 2.67. The van der Waals surface area contributed by atoms with Gasteiger partial charge in [0, 0.05) is 16.0 Å². The average molecular weight is 465 g/mol. The number of nitrogens with zero attached hydrogens (tertiary/aromatic N) is 2. The molecule has 3 rings (SSSR count). The predicted molar refractivity (Wildman–Crippen MR) is 113 cm³/mol. The normalized spacial score (nSPS) is 10.9. The highest BCUT2D eigenvalue weighted by molar-refractivity contribution is 9.10. The van der Waals surface area contributed by atoms with Crippen LogP contribution in [-0.4, -0.2) is 34.4 Å². The number of carbonyl (C=O) groups excluding carboxylic acids is 1. The fourth-order valence-corrected chi connectivity index (χ4v) is 3.49. The van der Waals surface area contributed by atoms with Crippen LogP contribution in [0.5, 0.6) is 5.75 Å². The largest absolute Gasteiger partial charge is 0.497 e. The molecule has 0 fully saturated rings.